The summed E-state index contributed by atoms with van der Waals surface area (Å²) >= 11 is 5.87. The third kappa shape index (κ3) is 4.52. The van der Waals surface area contributed by atoms with Crippen LogP contribution in [0.2, 0.25) is 5.02 Å². The Labute approximate surface area is 157 Å². The van der Waals surface area contributed by atoms with E-state index in [0.29, 0.717) is 17.1 Å². The first-order valence-electron chi connectivity index (χ1n) is 8.56. The molecule has 0 radical (unpaired) electrons. The average molecular weight is 373 g/mol. The van der Waals surface area contributed by atoms with E-state index in [2.05, 4.69) is 15.2 Å². The first kappa shape index (κ1) is 18.2. The molecule has 1 aliphatic heterocycles. The van der Waals surface area contributed by atoms with Crippen LogP contribution >= 0.6 is 11.6 Å². The molecule has 0 bridgehead atoms. The number of nitrogens with two attached hydrogens (primary N) is 1. The van der Waals surface area contributed by atoms with Gasteiger partial charge in [0.25, 0.3) is 0 Å². The molecule has 3 rings (SSSR count). The van der Waals surface area contributed by atoms with Crippen LogP contribution in [0.5, 0.6) is 0 Å². The zero-order valence-corrected chi connectivity index (χ0v) is 15.1. The Kier molecular flexibility index (Phi) is 5.73. The summed E-state index contributed by atoms with van der Waals surface area (Å²) in [5.74, 6) is 0.439. The van der Waals surface area contributed by atoms with E-state index in [4.69, 9.17) is 17.3 Å². The molecule has 7 heteroatoms. The number of rotatable bonds is 5. The van der Waals surface area contributed by atoms with E-state index in [-0.39, 0.29) is 11.8 Å². The maximum absolute atomic E-state index is 12.4. The van der Waals surface area contributed by atoms with Crippen LogP contribution in [0.25, 0.3) is 0 Å². The molecule has 1 saturated heterocycles. The van der Waals surface area contributed by atoms with Gasteiger partial charge in [0.2, 0.25) is 11.8 Å². The molecule has 2 heterocycles. The molecule has 1 aromatic heterocycles. The van der Waals surface area contributed by atoms with Crippen molar-refractivity contribution >= 4 is 29.2 Å². The Morgan fingerprint density at radius 3 is 2.65 bits per heavy atom. The number of benzene rings is 1. The summed E-state index contributed by atoms with van der Waals surface area (Å²) in [4.78, 5) is 30.1. The van der Waals surface area contributed by atoms with Crippen molar-refractivity contribution in [3.8, 4) is 0 Å². The third-order valence-corrected chi connectivity index (χ3v) is 4.80. The van der Waals surface area contributed by atoms with Crippen molar-refractivity contribution in [1.29, 1.82) is 0 Å². The fourth-order valence-corrected chi connectivity index (χ4v) is 3.21. The summed E-state index contributed by atoms with van der Waals surface area (Å²) in [6.45, 7) is 1.95. The highest BCUT2D eigenvalue weighted by Crippen LogP contribution is 2.23. The van der Waals surface area contributed by atoms with E-state index in [9.17, 15) is 9.59 Å². The third-order valence-electron chi connectivity index (χ3n) is 4.58. The van der Waals surface area contributed by atoms with Gasteiger partial charge in [0.1, 0.15) is 5.82 Å². The number of piperidine rings is 1. The first-order chi connectivity index (χ1) is 12.5. The molecule has 1 aromatic carbocycles. The lowest BCUT2D eigenvalue weighted by Gasteiger charge is -2.32. The Morgan fingerprint density at radius 1 is 1.23 bits per heavy atom. The van der Waals surface area contributed by atoms with Gasteiger partial charge in [-0.2, -0.15) is 0 Å². The van der Waals surface area contributed by atoms with E-state index in [1.165, 1.54) is 0 Å². The number of carbonyl (C=O) groups excluding carboxylic acids is 2. The second-order valence-electron chi connectivity index (χ2n) is 6.38. The largest absolute Gasteiger partial charge is 0.366 e. The number of hydrogen-bond acceptors (Lipinski definition) is 4. The van der Waals surface area contributed by atoms with Crippen molar-refractivity contribution < 1.29 is 9.59 Å². The summed E-state index contributed by atoms with van der Waals surface area (Å²) in [6, 6.07) is 10.7. The Balaban J connectivity index is 1.50. The standard InChI is InChI=1S/C19H21ClN4O2/c20-16-4-5-17(22-12-16)24-8-6-14(7-9-24)19(26)23-11-13-2-1-3-15(10-13)18(21)25/h1-5,10,12,14H,6-9,11H2,(H2,21,25)(H,23,26). The van der Waals surface area contributed by atoms with Gasteiger partial charge in [0.15, 0.2) is 0 Å². The van der Waals surface area contributed by atoms with Crippen LogP contribution in [-0.2, 0) is 11.3 Å². The van der Waals surface area contributed by atoms with Gasteiger partial charge in [-0.15, -0.1) is 0 Å². The molecule has 0 unspecified atom stereocenters. The van der Waals surface area contributed by atoms with Gasteiger partial charge >= 0.3 is 0 Å². The minimum absolute atomic E-state index is 0.0159. The minimum Gasteiger partial charge on any atom is -0.366 e. The molecule has 0 saturated carbocycles. The number of amides is 2. The summed E-state index contributed by atoms with van der Waals surface area (Å²) in [6.07, 6.45) is 3.19. The number of anilines is 1. The van der Waals surface area contributed by atoms with Gasteiger partial charge in [0.05, 0.1) is 5.02 Å². The van der Waals surface area contributed by atoms with Crippen molar-refractivity contribution in [3.05, 3.63) is 58.7 Å². The molecule has 136 valence electrons. The molecule has 1 aliphatic rings. The molecule has 2 amide bonds. The molecular formula is C19H21ClN4O2. The predicted octanol–water partition coefficient (Wildman–Crippen LogP) is 2.37. The molecule has 2 aromatic rings. The van der Waals surface area contributed by atoms with Gasteiger partial charge in [-0.25, -0.2) is 4.98 Å². The number of nitrogens with zero attached hydrogens (tertiary/aromatic N) is 2. The number of hydrogen-bond donors (Lipinski definition) is 2. The minimum atomic E-state index is -0.471. The predicted molar refractivity (Wildman–Crippen MR) is 101 cm³/mol. The van der Waals surface area contributed by atoms with E-state index >= 15 is 0 Å². The number of halogens is 1. The number of pyridine rings is 1. The van der Waals surface area contributed by atoms with Crippen molar-refractivity contribution in [2.75, 3.05) is 18.0 Å². The number of aromatic nitrogens is 1. The Morgan fingerprint density at radius 2 is 2.00 bits per heavy atom. The fourth-order valence-electron chi connectivity index (χ4n) is 3.09. The lowest BCUT2D eigenvalue weighted by Crippen LogP contribution is -2.40. The SMILES string of the molecule is NC(=O)c1cccc(CNC(=O)C2CCN(c3ccc(Cl)cn3)CC2)c1. The van der Waals surface area contributed by atoms with Crippen molar-refractivity contribution in [2.45, 2.75) is 19.4 Å². The van der Waals surface area contributed by atoms with Crippen LogP contribution in [0.1, 0.15) is 28.8 Å². The summed E-state index contributed by atoms with van der Waals surface area (Å²) < 4.78 is 0. The van der Waals surface area contributed by atoms with Crippen LogP contribution in [0.4, 0.5) is 5.82 Å². The molecule has 0 aliphatic carbocycles. The van der Waals surface area contributed by atoms with Crippen LogP contribution < -0.4 is 16.0 Å². The molecule has 1 fully saturated rings. The van der Waals surface area contributed by atoms with Crippen molar-refractivity contribution in [2.24, 2.45) is 11.7 Å². The second-order valence-corrected chi connectivity index (χ2v) is 6.81. The summed E-state index contributed by atoms with van der Waals surface area (Å²) in [5.41, 5.74) is 6.59. The number of primary amides is 1. The smallest absolute Gasteiger partial charge is 0.248 e. The maximum atomic E-state index is 12.4. The lowest BCUT2D eigenvalue weighted by molar-refractivity contribution is -0.125. The van der Waals surface area contributed by atoms with E-state index in [1.807, 2.05) is 18.2 Å². The highest BCUT2D eigenvalue weighted by atomic mass is 35.5. The van der Waals surface area contributed by atoms with Gasteiger partial charge in [0, 0.05) is 37.3 Å². The van der Waals surface area contributed by atoms with Crippen LogP contribution in [-0.4, -0.2) is 29.9 Å². The quantitative estimate of drug-likeness (QED) is 0.843. The Bertz CT molecular complexity index is 786. The second kappa shape index (κ2) is 8.19. The topological polar surface area (TPSA) is 88.3 Å². The number of nitrogens with one attached hydrogen (secondary N) is 1. The maximum Gasteiger partial charge on any atom is 0.248 e. The molecular weight excluding hydrogens is 352 g/mol. The summed E-state index contributed by atoms with van der Waals surface area (Å²) in [7, 11) is 0. The van der Waals surface area contributed by atoms with Crippen LogP contribution in [0.15, 0.2) is 42.6 Å². The molecule has 0 atom stereocenters. The molecule has 0 spiro atoms. The van der Waals surface area contributed by atoms with E-state index in [0.717, 1.165) is 37.3 Å². The Hall–Kier alpha value is -2.60. The molecule has 26 heavy (non-hydrogen) atoms. The zero-order chi connectivity index (χ0) is 18.5. The van der Waals surface area contributed by atoms with Crippen LogP contribution in [0.3, 0.4) is 0 Å². The summed E-state index contributed by atoms with van der Waals surface area (Å²) in [5, 5.41) is 3.57. The highest BCUT2D eigenvalue weighted by molar-refractivity contribution is 6.30. The van der Waals surface area contributed by atoms with Crippen molar-refractivity contribution in [1.82, 2.24) is 10.3 Å². The van der Waals surface area contributed by atoms with Crippen LogP contribution in [0, 0.1) is 5.92 Å². The van der Waals surface area contributed by atoms with Crippen molar-refractivity contribution in [3.63, 3.8) is 0 Å². The first-order valence-corrected chi connectivity index (χ1v) is 8.93. The number of carbonyl (C=O) groups is 2. The van der Waals surface area contributed by atoms with Gasteiger partial charge < -0.3 is 16.0 Å². The van der Waals surface area contributed by atoms with E-state index in [1.54, 1.807) is 24.4 Å². The molecule has 3 N–H and O–H groups in total. The normalized spacial score (nSPS) is 14.9. The molecule has 6 nitrogen and oxygen atoms in total. The average Bonchev–Trinajstić information content (AvgIpc) is 2.67. The monoisotopic (exact) mass is 372 g/mol. The van der Waals surface area contributed by atoms with Gasteiger partial charge in [-0.05, 0) is 42.7 Å². The van der Waals surface area contributed by atoms with E-state index < -0.39 is 5.91 Å². The van der Waals surface area contributed by atoms with Gasteiger partial charge in [-0.1, -0.05) is 23.7 Å². The highest BCUT2D eigenvalue weighted by Gasteiger charge is 2.25. The lowest BCUT2D eigenvalue weighted by atomic mass is 9.95. The fraction of sp³-hybridized carbons (Fsp3) is 0.316. The van der Waals surface area contributed by atoms with Gasteiger partial charge in [-0.3, -0.25) is 9.59 Å². The zero-order valence-electron chi connectivity index (χ0n) is 14.3.